The van der Waals surface area contributed by atoms with Crippen LogP contribution in [0.4, 0.5) is 10.1 Å². The molecule has 0 heterocycles. The molecule has 1 fully saturated rings. The Hall–Kier alpha value is -1.62. The summed E-state index contributed by atoms with van der Waals surface area (Å²) in [5.41, 5.74) is -0.283. The number of ether oxygens (including phenoxy) is 1. The Balaban J connectivity index is 2.23. The van der Waals surface area contributed by atoms with Crippen molar-refractivity contribution in [3.05, 3.63) is 30.1 Å². The maximum atomic E-state index is 13.9. The number of nitrogens with one attached hydrogen (secondary N) is 1. The number of nitrogens with zero attached hydrogens (tertiary/aromatic N) is 1. The average molecular weight is 294 g/mol. The number of likely N-dealkylation sites (N-methyl/N-ethyl adjacent to an activating group) is 2. The zero-order valence-electron chi connectivity index (χ0n) is 12.9. The summed E-state index contributed by atoms with van der Waals surface area (Å²) in [4.78, 5) is 14.2. The third kappa shape index (κ3) is 3.18. The fourth-order valence-corrected chi connectivity index (χ4v) is 2.80. The molecule has 1 N–H and O–H groups in total. The molecule has 0 radical (unpaired) electrons. The molecule has 1 aliphatic carbocycles. The van der Waals surface area contributed by atoms with E-state index in [0.29, 0.717) is 18.8 Å². The van der Waals surface area contributed by atoms with Gasteiger partial charge in [-0.1, -0.05) is 12.1 Å². The van der Waals surface area contributed by atoms with Crippen LogP contribution in [0, 0.1) is 11.7 Å². The SMILES string of the molecule is CCOC(=O)C(CN(C)c1ccccc1F)(NC)C1CC1. The van der Waals surface area contributed by atoms with E-state index < -0.39 is 5.54 Å². The molecular weight excluding hydrogens is 271 g/mol. The third-order valence-electron chi connectivity index (χ3n) is 4.11. The number of carbonyl (C=O) groups is 1. The van der Waals surface area contributed by atoms with Gasteiger partial charge in [-0.25, -0.2) is 9.18 Å². The van der Waals surface area contributed by atoms with Gasteiger partial charge in [0.25, 0.3) is 0 Å². The highest BCUT2D eigenvalue weighted by atomic mass is 19.1. The number of benzene rings is 1. The Bertz CT molecular complexity index is 505. The van der Waals surface area contributed by atoms with Crippen molar-refractivity contribution in [3.63, 3.8) is 0 Å². The highest BCUT2D eigenvalue weighted by Gasteiger charge is 2.51. The van der Waals surface area contributed by atoms with Gasteiger partial charge in [-0.3, -0.25) is 0 Å². The van der Waals surface area contributed by atoms with Gasteiger partial charge in [0.2, 0.25) is 0 Å². The summed E-state index contributed by atoms with van der Waals surface area (Å²) in [6, 6.07) is 6.59. The lowest BCUT2D eigenvalue weighted by molar-refractivity contribution is -0.151. The van der Waals surface area contributed by atoms with Gasteiger partial charge in [0.05, 0.1) is 12.3 Å². The summed E-state index contributed by atoms with van der Waals surface area (Å²) in [7, 11) is 3.57. The summed E-state index contributed by atoms with van der Waals surface area (Å²) in [6.45, 7) is 2.53. The third-order valence-corrected chi connectivity index (χ3v) is 4.11. The summed E-state index contributed by atoms with van der Waals surface area (Å²) in [5, 5.41) is 3.14. The second-order valence-electron chi connectivity index (χ2n) is 5.52. The minimum Gasteiger partial charge on any atom is -0.465 e. The van der Waals surface area contributed by atoms with Crippen molar-refractivity contribution in [3.8, 4) is 0 Å². The van der Waals surface area contributed by atoms with Crippen LogP contribution in [0.25, 0.3) is 0 Å². The van der Waals surface area contributed by atoms with Crippen LogP contribution >= 0.6 is 0 Å². The number of rotatable bonds is 7. The van der Waals surface area contributed by atoms with Crippen LogP contribution in [0.3, 0.4) is 0 Å². The number of hydrogen-bond acceptors (Lipinski definition) is 4. The fraction of sp³-hybridized carbons (Fsp3) is 0.562. The molecule has 1 unspecified atom stereocenters. The second kappa shape index (κ2) is 6.43. The molecule has 1 aliphatic rings. The molecule has 0 amide bonds. The summed E-state index contributed by atoms with van der Waals surface area (Å²) < 4.78 is 19.2. The van der Waals surface area contributed by atoms with Gasteiger partial charge < -0.3 is 15.0 Å². The Morgan fingerprint density at radius 1 is 1.48 bits per heavy atom. The van der Waals surface area contributed by atoms with E-state index in [-0.39, 0.29) is 17.7 Å². The predicted octanol–water partition coefficient (Wildman–Crippen LogP) is 2.19. The predicted molar refractivity (Wildman–Crippen MR) is 80.8 cm³/mol. The topological polar surface area (TPSA) is 41.6 Å². The van der Waals surface area contributed by atoms with Gasteiger partial charge in [0, 0.05) is 13.6 Å². The zero-order valence-corrected chi connectivity index (χ0v) is 12.9. The van der Waals surface area contributed by atoms with E-state index in [2.05, 4.69) is 5.32 Å². The Morgan fingerprint density at radius 3 is 2.67 bits per heavy atom. The second-order valence-corrected chi connectivity index (χ2v) is 5.52. The Morgan fingerprint density at radius 2 is 2.14 bits per heavy atom. The zero-order chi connectivity index (χ0) is 15.5. The standard InChI is InChI=1S/C16H23FN2O2/c1-4-21-15(20)16(18-2,12-9-10-12)11-19(3)14-8-6-5-7-13(14)17/h5-8,12,18H,4,9-11H2,1-3H3. The molecule has 1 saturated carbocycles. The first-order valence-corrected chi connectivity index (χ1v) is 7.37. The van der Waals surface area contributed by atoms with E-state index in [9.17, 15) is 9.18 Å². The van der Waals surface area contributed by atoms with Crippen molar-refractivity contribution in [1.82, 2.24) is 5.32 Å². The normalized spacial score (nSPS) is 17.1. The molecule has 4 nitrogen and oxygen atoms in total. The molecule has 0 spiro atoms. The molecule has 0 saturated heterocycles. The van der Waals surface area contributed by atoms with Crippen molar-refractivity contribution in [2.75, 3.05) is 32.1 Å². The fourth-order valence-electron chi connectivity index (χ4n) is 2.80. The minimum absolute atomic E-state index is 0.246. The molecule has 116 valence electrons. The lowest BCUT2D eigenvalue weighted by atomic mass is 9.92. The maximum Gasteiger partial charge on any atom is 0.328 e. The van der Waals surface area contributed by atoms with Gasteiger partial charge in [-0.2, -0.15) is 0 Å². The number of hydrogen-bond donors (Lipinski definition) is 1. The quantitative estimate of drug-likeness (QED) is 0.783. The lowest BCUT2D eigenvalue weighted by Gasteiger charge is -2.36. The highest BCUT2D eigenvalue weighted by molar-refractivity contribution is 5.83. The van der Waals surface area contributed by atoms with E-state index in [1.807, 2.05) is 0 Å². The number of anilines is 1. The van der Waals surface area contributed by atoms with Crippen LogP contribution in [0.1, 0.15) is 19.8 Å². The molecule has 2 rings (SSSR count). The van der Waals surface area contributed by atoms with Crippen LogP contribution in [-0.2, 0) is 9.53 Å². The molecular formula is C16H23FN2O2. The molecule has 1 atom stereocenters. The highest BCUT2D eigenvalue weighted by Crippen LogP contribution is 2.41. The van der Waals surface area contributed by atoms with E-state index in [4.69, 9.17) is 4.74 Å². The maximum absolute atomic E-state index is 13.9. The summed E-state index contributed by atoms with van der Waals surface area (Å²) in [6.07, 6.45) is 1.98. The first-order valence-electron chi connectivity index (χ1n) is 7.37. The smallest absolute Gasteiger partial charge is 0.328 e. The van der Waals surface area contributed by atoms with E-state index in [0.717, 1.165) is 12.8 Å². The van der Waals surface area contributed by atoms with Crippen molar-refractivity contribution in [2.24, 2.45) is 5.92 Å². The van der Waals surface area contributed by atoms with E-state index in [1.54, 1.807) is 44.1 Å². The molecule has 21 heavy (non-hydrogen) atoms. The molecule has 1 aromatic rings. The molecule has 0 aromatic heterocycles. The van der Waals surface area contributed by atoms with Crippen LogP contribution in [0.15, 0.2) is 24.3 Å². The van der Waals surface area contributed by atoms with Gasteiger partial charge in [-0.15, -0.1) is 0 Å². The van der Waals surface area contributed by atoms with Crippen LogP contribution in [0.5, 0.6) is 0 Å². The Labute approximate surface area is 125 Å². The van der Waals surface area contributed by atoms with E-state index in [1.165, 1.54) is 6.07 Å². The number of para-hydroxylation sites is 1. The molecule has 0 bridgehead atoms. The average Bonchev–Trinajstić information content (AvgIpc) is 3.30. The molecule has 1 aromatic carbocycles. The number of carbonyl (C=O) groups excluding carboxylic acids is 1. The lowest BCUT2D eigenvalue weighted by Crippen LogP contribution is -2.60. The van der Waals surface area contributed by atoms with Crippen LogP contribution in [-0.4, -0.2) is 38.8 Å². The van der Waals surface area contributed by atoms with E-state index >= 15 is 0 Å². The number of halogens is 1. The molecule has 5 heteroatoms. The van der Waals surface area contributed by atoms with Crippen molar-refractivity contribution in [1.29, 1.82) is 0 Å². The van der Waals surface area contributed by atoms with Crippen molar-refractivity contribution in [2.45, 2.75) is 25.3 Å². The minimum atomic E-state index is -0.771. The van der Waals surface area contributed by atoms with Crippen molar-refractivity contribution < 1.29 is 13.9 Å². The molecule has 0 aliphatic heterocycles. The first kappa shape index (κ1) is 15.8. The number of esters is 1. The van der Waals surface area contributed by atoms with Gasteiger partial charge in [-0.05, 0) is 44.9 Å². The largest absolute Gasteiger partial charge is 0.465 e. The van der Waals surface area contributed by atoms with Crippen LogP contribution in [0.2, 0.25) is 0 Å². The van der Waals surface area contributed by atoms with Crippen molar-refractivity contribution >= 4 is 11.7 Å². The first-order chi connectivity index (χ1) is 10.0. The monoisotopic (exact) mass is 294 g/mol. The van der Waals surface area contributed by atoms with Crippen LogP contribution < -0.4 is 10.2 Å². The van der Waals surface area contributed by atoms with Gasteiger partial charge >= 0.3 is 5.97 Å². The van der Waals surface area contributed by atoms with Gasteiger partial charge in [0.1, 0.15) is 11.4 Å². The Kier molecular flexibility index (Phi) is 4.83. The summed E-state index contributed by atoms with van der Waals surface area (Å²) in [5.74, 6) is -0.293. The summed E-state index contributed by atoms with van der Waals surface area (Å²) >= 11 is 0. The van der Waals surface area contributed by atoms with Gasteiger partial charge in [0.15, 0.2) is 0 Å².